The van der Waals surface area contributed by atoms with Crippen LogP contribution in [0.5, 0.6) is 11.5 Å². The molecule has 0 aliphatic carbocycles. The lowest BCUT2D eigenvalue weighted by atomic mass is 10.1. The van der Waals surface area contributed by atoms with Crippen molar-refractivity contribution in [1.82, 2.24) is 14.1 Å². The molecule has 148 valence electrons. The molecule has 1 aromatic rings. The van der Waals surface area contributed by atoms with Crippen LogP contribution in [-0.4, -0.2) is 89.1 Å². The first-order chi connectivity index (χ1) is 12.2. The summed E-state index contributed by atoms with van der Waals surface area (Å²) < 4.78 is 38.3. The van der Waals surface area contributed by atoms with Gasteiger partial charge < -0.3 is 14.4 Å². The summed E-state index contributed by atoms with van der Waals surface area (Å²) in [5.41, 5.74) is 0. The van der Waals surface area contributed by atoms with Crippen LogP contribution < -0.4 is 9.47 Å². The molecule has 0 saturated carbocycles. The number of methoxy groups -OCH3 is 2. The van der Waals surface area contributed by atoms with Gasteiger partial charge in [-0.25, -0.2) is 8.42 Å². The zero-order valence-corrected chi connectivity index (χ0v) is 17.4. The van der Waals surface area contributed by atoms with Crippen LogP contribution in [0.3, 0.4) is 0 Å². The highest BCUT2D eigenvalue weighted by Gasteiger charge is 2.36. The Kier molecular flexibility index (Phi) is 6.90. The van der Waals surface area contributed by atoms with Crippen molar-refractivity contribution in [2.75, 3.05) is 54.5 Å². The fourth-order valence-electron chi connectivity index (χ4n) is 3.39. The smallest absolute Gasteiger partial charge is 0.243 e. The number of sulfonamides is 1. The van der Waals surface area contributed by atoms with E-state index in [9.17, 15) is 8.42 Å². The van der Waals surface area contributed by atoms with Crippen molar-refractivity contribution >= 4 is 10.0 Å². The van der Waals surface area contributed by atoms with E-state index < -0.39 is 10.0 Å². The summed E-state index contributed by atoms with van der Waals surface area (Å²) in [5.74, 6) is 0.931. The number of rotatable bonds is 7. The molecular formula is C18H31N3O4S. The molecule has 1 saturated heterocycles. The van der Waals surface area contributed by atoms with Crippen molar-refractivity contribution in [1.29, 1.82) is 0 Å². The third-order valence-electron chi connectivity index (χ3n) is 4.87. The number of hydrogen-bond donors (Lipinski definition) is 0. The third-order valence-corrected chi connectivity index (χ3v) is 6.69. The topological polar surface area (TPSA) is 62.3 Å². The Morgan fingerprint density at radius 3 is 2.15 bits per heavy atom. The molecule has 0 N–H and O–H groups in total. The van der Waals surface area contributed by atoms with E-state index in [2.05, 4.69) is 23.6 Å². The minimum absolute atomic E-state index is 0.161. The SMILES string of the molecule is COc1ccc(S(=O)(=O)N2CC(C)N(CCN(C)C)C(C)C2)cc1OC. The third kappa shape index (κ3) is 4.49. The van der Waals surface area contributed by atoms with Gasteiger partial charge in [0.15, 0.2) is 11.5 Å². The van der Waals surface area contributed by atoms with Gasteiger partial charge >= 0.3 is 0 Å². The number of piperazine rings is 1. The molecule has 26 heavy (non-hydrogen) atoms. The highest BCUT2D eigenvalue weighted by atomic mass is 32.2. The van der Waals surface area contributed by atoms with Gasteiger partial charge in [0.25, 0.3) is 0 Å². The van der Waals surface area contributed by atoms with E-state index in [1.807, 2.05) is 14.1 Å². The van der Waals surface area contributed by atoms with Crippen molar-refractivity contribution < 1.29 is 17.9 Å². The quantitative estimate of drug-likeness (QED) is 0.706. The van der Waals surface area contributed by atoms with Crippen molar-refractivity contribution in [3.05, 3.63) is 18.2 Å². The van der Waals surface area contributed by atoms with Gasteiger partial charge in [-0.3, -0.25) is 4.90 Å². The van der Waals surface area contributed by atoms with Crippen LogP contribution in [0.15, 0.2) is 23.1 Å². The van der Waals surface area contributed by atoms with Gasteiger partial charge in [-0.05, 0) is 40.1 Å². The van der Waals surface area contributed by atoms with Gasteiger partial charge in [0.2, 0.25) is 10.0 Å². The Bertz CT molecular complexity index is 696. The molecule has 2 rings (SSSR count). The largest absolute Gasteiger partial charge is 0.493 e. The van der Waals surface area contributed by atoms with E-state index in [1.165, 1.54) is 20.3 Å². The highest BCUT2D eigenvalue weighted by Crippen LogP contribution is 2.31. The van der Waals surface area contributed by atoms with E-state index in [0.29, 0.717) is 24.6 Å². The fourth-order valence-corrected chi connectivity index (χ4v) is 5.00. The molecule has 8 heteroatoms. The van der Waals surface area contributed by atoms with Crippen LogP contribution >= 0.6 is 0 Å². The Balaban J connectivity index is 2.20. The maximum absolute atomic E-state index is 13.1. The van der Waals surface area contributed by atoms with Gasteiger partial charge in [-0.1, -0.05) is 0 Å². The normalized spacial score (nSPS) is 22.6. The van der Waals surface area contributed by atoms with E-state index in [4.69, 9.17) is 9.47 Å². The molecule has 0 amide bonds. The van der Waals surface area contributed by atoms with Gasteiger partial charge in [0.1, 0.15) is 0 Å². The molecule has 1 aliphatic heterocycles. The highest BCUT2D eigenvalue weighted by molar-refractivity contribution is 7.89. The van der Waals surface area contributed by atoms with Gasteiger partial charge in [-0.15, -0.1) is 0 Å². The van der Waals surface area contributed by atoms with Crippen molar-refractivity contribution in [3.8, 4) is 11.5 Å². The Labute approximate surface area is 157 Å². The Morgan fingerprint density at radius 1 is 1.08 bits per heavy atom. The van der Waals surface area contributed by atoms with Crippen molar-refractivity contribution in [2.24, 2.45) is 0 Å². The maximum Gasteiger partial charge on any atom is 0.243 e. The maximum atomic E-state index is 13.1. The molecule has 0 aromatic heterocycles. The molecule has 0 radical (unpaired) electrons. The second kappa shape index (κ2) is 8.56. The van der Waals surface area contributed by atoms with Crippen LogP contribution in [0, 0.1) is 0 Å². The van der Waals surface area contributed by atoms with Crippen LogP contribution in [0.25, 0.3) is 0 Å². The summed E-state index contributed by atoms with van der Waals surface area (Å²) in [6.07, 6.45) is 0. The minimum Gasteiger partial charge on any atom is -0.493 e. The van der Waals surface area contributed by atoms with Crippen molar-refractivity contribution in [2.45, 2.75) is 30.8 Å². The lowest BCUT2D eigenvalue weighted by molar-refractivity contribution is 0.0708. The predicted octanol–water partition coefficient (Wildman–Crippen LogP) is 1.35. The van der Waals surface area contributed by atoms with Crippen molar-refractivity contribution in [3.63, 3.8) is 0 Å². The van der Waals surface area contributed by atoms with Gasteiger partial charge in [0.05, 0.1) is 19.1 Å². The van der Waals surface area contributed by atoms with Gasteiger partial charge in [-0.2, -0.15) is 4.31 Å². The first-order valence-corrected chi connectivity index (χ1v) is 10.3. The summed E-state index contributed by atoms with van der Waals surface area (Å²) in [5, 5.41) is 0. The first-order valence-electron chi connectivity index (χ1n) is 8.83. The zero-order chi connectivity index (χ0) is 19.5. The first kappa shape index (κ1) is 21.0. The van der Waals surface area contributed by atoms with E-state index >= 15 is 0 Å². The number of nitrogens with zero attached hydrogens (tertiary/aromatic N) is 3. The summed E-state index contributed by atoms with van der Waals surface area (Å²) in [6, 6.07) is 5.06. The van der Waals surface area contributed by atoms with Crippen LogP contribution in [0.4, 0.5) is 0 Å². The number of likely N-dealkylation sites (N-methyl/N-ethyl adjacent to an activating group) is 1. The monoisotopic (exact) mass is 385 g/mol. The molecule has 0 bridgehead atoms. The molecule has 0 spiro atoms. The number of benzene rings is 1. The van der Waals surface area contributed by atoms with Crippen LogP contribution in [-0.2, 0) is 10.0 Å². The number of hydrogen-bond acceptors (Lipinski definition) is 6. The lowest BCUT2D eigenvalue weighted by Gasteiger charge is -2.44. The van der Waals surface area contributed by atoms with Gasteiger partial charge in [0, 0.05) is 44.3 Å². The standard InChI is InChI=1S/C18H31N3O4S/c1-14-12-20(13-15(2)21(14)10-9-19(3)4)26(22,23)16-7-8-17(24-5)18(11-16)25-6/h7-8,11,14-15H,9-10,12-13H2,1-6H3. The lowest BCUT2D eigenvalue weighted by Crippen LogP contribution is -2.58. The molecule has 1 aliphatic rings. The molecule has 1 aromatic carbocycles. The minimum atomic E-state index is -3.58. The average molecular weight is 386 g/mol. The number of ether oxygens (including phenoxy) is 2. The second-order valence-electron chi connectivity index (χ2n) is 7.08. The molecule has 1 heterocycles. The van der Waals surface area contributed by atoms with E-state index in [0.717, 1.165) is 13.1 Å². The Morgan fingerprint density at radius 2 is 1.65 bits per heavy atom. The van der Waals surface area contributed by atoms with E-state index in [1.54, 1.807) is 16.4 Å². The van der Waals surface area contributed by atoms with Crippen LogP contribution in [0.1, 0.15) is 13.8 Å². The average Bonchev–Trinajstić information content (AvgIpc) is 2.59. The predicted molar refractivity (Wildman–Crippen MR) is 102 cm³/mol. The molecular weight excluding hydrogens is 354 g/mol. The Hall–Kier alpha value is -1.35. The summed E-state index contributed by atoms with van der Waals surface area (Å²) in [6.45, 7) is 7.02. The van der Waals surface area contributed by atoms with Crippen LogP contribution in [0.2, 0.25) is 0 Å². The fraction of sp³-hybridized carbons (Fsp3) is 0.667. The zero-order valence-electron chi connectivity index (χ0n) is 16.6. The van der Waals surface area contributed by atoms with E-state index in [-0.39, 0.29) is 17.0 Å². The molecule has 2 atom stereocenters. The second-order valence-corrected chi connectivity index (χ2v) is 9.02. The summed E-state index contributed by atoms with van der Waals surface area (Å²) in [7, 11) is 3.55. The summed E-state index contributed by atoms with van der Waals surface area (Å²) in [4.78, 5) is 4.75. The molecule has 2 unspecified atom stereocenters. The molecule has 7 nitrogen and oxygen atoms in total. The molecule has 1 fully saturated rings. The summed E-state index contributed by atoms with van der Waals surface area (Å²) >= 11 is 0.